The van der Waals surface area contributed by atoms with Gasteiger partial charge in [0.05, 0.1) is 0 Å². The van der Waals surface area contributed by atoms with Crippen molar-refractivity contribution >= 4 is 35.1 Å². The zero-order valence-corrected chi connectivity index (χ0v) is 22.8. The maximum absolute atomic E-state index is 13.5. The van der Waals surface area contributed by atoms with Gasteiger partial charge in [-0.1, -0.05) is 0 Å². The first-order chi connectivity index (χ1) is 17.9. The predicted molar refractivity (Wildman–Crippen MR) is 142 cm³/mol. The van der Waals surface area contributed by atoms with Crippen LogP contribution in [0.5, 0.6) is 0 Å². The zero-order chi connectivity index (χ0) is 26.1. The van der Waals surface area contributed by atoms with E-state index in [-0.39, 0.29) is 19.9 Å². The Morgan fingerprint density at radius 1 is 1.00 bits per heavy atom. The molecule has 0 bridgehead atoms. The van der Waals surface area contributed by atoms with Crippen molar-refractivity contribution in [2.24, 2.45) is 0 Å². The van der Waals surface area contributed by atoms with Crippen molar-refractivity contribution in [2.45, 2.75) is 54.3 Å². The molecule has 0 aromatic heterocycles. The van der Waals surface area contributed by atoms with Crippen LogP contribution in [-0.4, -0.2) is 53.3 Å². The Morgan fingerprint density at radius 3 is 2.35 bits per heavy atom. The summed E-state index contributed by atoms with van der Waals surface area (Å²) in [6.45, 7) is 0.604. The number of benzene rings is 3. The molecule has 2 unspecified atom stereocenters. The Kier molecular flexibility index (Phi) is 9.85. The molecule has 8 nitrogen and oxygen atoms in total. The fraction of sp³-hybridized carbons (Fsp3) is 0.333. The van der Waals surface area contributed by atoms with Gasteiger partial charge in [0.1, 0.15) is 0 Å². The van der Waals surface area contributed by atoms with Crippen molar-refractivity contribution in [3.63, 3.8) is 0 Å². The summed E-state index contributed by atoms with van der Waals surface area (Å²) in [5.74, 6) is 0. The van der Waals surface area contributed by atoms with E-state index in [0.29, 0.717) is 18.3 Å². The molecule has 4 rings (SSSR count). The third kappa shape index (κ3) is 7.94. The summed E-state index contributed by atoms with van der Waals surface area (Å²) in [6.07, 6.45) is 2.13. The summed E-state index contributed by atoms with van der Waals surface area (Å²) in [5.41, 5.74) is 0.471. The monoisotopic (exact) mass is 590 g/mol. The SMILES string of the molecule is O=[N+]([O-])c1ccccc1S(=O)(=O)N[C@@H](Cc1ccccc1)C(C[Se]c1ccccc1)OC1CCCCO1. The van der Waals surface area contributed by atoms with Crippen LogP contribution in [0.3, 0.4) is 0 Å². The van der Waals surface area contributed by atoms with Crippen LogP contribution in [0.15, 0.2) is 89.8 Å². The van der Waals surface area contributed by atoms with Gasteiger partial charge in [0.15, 0.2) is 0 Å². The number of rotatable bonds is 12. The van der Waals surface area contributed by atoms with E-state index in [4.69, 9.17) is 9.47 Å². The van der Waals surface area contributed by atoms with Gasteiger partial charge < -0.3 is 0 Å². The van der Waals surface area contributed by atoms with E-state index in [0.717, 1.165) is 24.8 Å². The number of nitro groups is 1. The molecule has 1 saturated heterocycles. The molecule has 1 heterocycles. The molecule has 3 aromatic rings. The van der Waals surface area contributed by atoms with E-state index in [9.17, 15) is 18.5 Å². The van der Waals surface area contributed by atoms with Crippen LogP contribution in [0.25, 0.3) is 0 Å². The topological polar surface area (TPSA) is 108 Å². The Balaban J connectivity index is 1.66. The van der Waals surface area contributed by atoms with Gasteiger partial charge in [-0.15, -0.1) is 0 Å². The number of sulfonamides is 1. The summed E-state index contributed by atoms with van der Waals surface area (Å²) >= 11 is 0.0136. The van der Waals surface area contributed by atoms with Crippen LogP contribution < -0.4 is 9.18 Å². The predicted octanol–water partition coefficient (Wildman–Crippen LogP) is 3.84. The van der Waals surface area contributed by atoms with Gasteiger partial charge in [-0.05, 0) is 0 Å². The molecule has 3 aromatic carbocycles. The van der Waals surface area contributed by atoms with Crippen molar-refractivity contribution in [3.8, 4) is 0 Å². The van der Waals surface area contributed by atoms with Crippen molar-refractivity contribution in [1.82, 2.24) is 4.72 Å². The van der Waals surface area contributed by atoms with E-state index >= 15 is 0 Å². The number of nitrogens with zero attached hydrogens (tertiary/aromatic N) is 1. The Hall–Kier alpha value is -2.59. The second kappa shape index (κ2) is 13.3. The van der Waals surface area contributed by atoms with Gasteiger partial charge in [0.2, 0.25) is 0 Å². The first-order valence-corrected chi connectivity index (χ1v) is 15.7. The molecular formula is C27H30N2O6SSe. The molecule has 196 valence electrons. The molecule has 0 saturated carbocycles. The molecule has 0 spiro atoms. The van der Waals surface area contributed by atoms with Crippen LogP contribution in [0, 0.1) is 10.1 Å². The normalized spacial score (nSPS) is 17.7. The molecule has 1 N–H and O–H groups in total. The molecule has 10 heteroatoms. The molecule has 0 amide bonds. The van der Waals surface area contributed by atoms with Gasteiger partial charge in [-0.2, -0.15) is 0 Å². The van der Waals surface area contributed by atoms with Gasteiger partial charge in [0.25, 0.3) is 0 Å². The number of hydrogen-bond acceptors (Lipinski definition) is 6. The van der Waals surface area contributed by atoms with E-state index in [1.54, 1.807) is 0 Å². The molecule has 0 aliphatic carbocycles. The Morgan fingerprint density at radius 2 is 1.68 bits per heavy atom. The second-order valence-electron chi connectivity index (χ2n) is 8.74. The van der Waals surface area contributed by atoms with Crippen LogP contribution in [0.4, 0.5) is 5.69 Å². The Bertz CT molecular complexity index is 1250. The van der Waals surface area contributed by atoms with Crippen molar-refractivity contribution < 1.29 is 22.8 Å². The van der Waals surface area contributed by atoms with Gasteiger partial charge in [-0.25, -0.2) is 0 Å². The third-order valence-electron chi connectivity index (χ3n) is 6.03. The van der Waals surface area contributed by atoms with Crippen LogP contribution in [0.2, 0.25) is 5.32 Å². The van der Waals surface area contributed by atoms with Gasteiger partial charge in [-0.3, -0.25) is 0 Å². The molecule has 1 aliphatic rings. The average molecular weight is 590 g/mol. The van der Waals surface area contributed by atoms with Crippen LogP contribution >= 0.6 is 0 Å². The summed E-state index contributed by atoms with van der Waals surface area (Å²) in [5, 5.41) is 12.2. The number of hydrogen-bond donors (Lipinski definition) is 1. The average Bonchev–Trinajstić information content (AvgIpc) is 2.92. The summed E-state index contributed by atoms with van der Waals surface area (Å²) in [6, 6.07) is 24.3. The first-order valence-electron chi connectivity index (χ1n) is 12.2. The van der Waals surface area contributed by atoms with Crippen LogP contribution in [-0.2, 0) is 25.9 Å². The molecule has 3 atom stereocenters. The van der Waals surface area contributed by atoms with E-state index < -0.39 is 39.1 Å². The van der Waals surface area contributed by atoms with Gasteiger partial charge in [0, 0.05) is 0 Å². The second-order valence-corrected chi connectivity index (χ2v) is 12.7. The zero-order valence-electron chi connectivity index (χ0n) is 20.3. The molecule has 0 radical (unpaired) electrons. The van der Waals surface area contributed by atoms with Crippen molar-refractivity contribution in [2.75, 3.05) is 6.61 Å². The molecule has 1 fully saturated rings. The molecule has 1 aliphatic heterocycles. The number of nitrogens with one attached hydrogen (secondary N) is 1. The number of para-hydroxylation sites is 1. The van der Waals surface area contributed by atoms with Crippen molar-refractivity contribution in [3.05, 3.63) is 101 Å². The summed E-state index contributed by atoms with van der Waals surface area (Å²) < 4.78 is 43.3. The van der Waals surface area contributed by atoms with Crippen molar-refractivity contribution in [1.29, 1.82) is 0 Å². The van der Waals surface area contributed by atoms with E-state index in [1.807, 2.05) is 48.5 Å². The first kappa shape index (κ1) is 27.4. The third-order valence-corrected chi connectivity index (χ3v) is 9.87. The van der Waals surface area contributed by atoms with E-state index in [1.165, 1.54) is 28.7 Å². The standard InChI is InChI=1S/C27H30N2O6SSe/c30-29(31)24-15-7-8-16-26(24)36(32,33)28-23(19-21-11-3-1-4-12-21)25(35-27-17-9-10-18-34-27)20-37-22-13-5-2-6-14-22/h1-8,11-16,23,25,27-28H,9-10,17-20H2/t23-,25?,27?/m0/s1. The van der Waals surface area contributed by atoms with E-state index in [2.05, 4.69) is 16.9 Å². The number of ether oxygens (including phenoxy) is 2. The fourth-order valence-electron chi connectivity index (χ4n) is 4.17. The number of nitro benzene ring substituents is 1. The maximum atomic E-state index is 13.5. The van der Waals surface area contributed by atoms with Gasteiger partial charge >= 0.3 is 224 Å². The minimum atomic E-state index is -4.23. The fourth-order valence-corrected chi connectivity index (χ4v) is 7.74. The molecule has 37 heavy (non-hydrogen) atoms. The van der Waals surface area contributed by atoms with Crippen LogP contribution in [0.1, 0.15) is 24.8 Å². The summed E-state index contributed by atoms with van der Waals surface area (Å²) in [7, 11) is -4.23. The summed E-state index contributed by atoms with van der Waals surface area (Å²) in [4.78, 5) is 10.5. The quantitative estimate of drug-likeness (QED) is 0.196. The minimum absolute atomic E-state index is 0.0136. The Labute approximate surface area is 223 Å². The molecular weight excluding hydrogens is 559 g/mol.